The molecule has 0 spiro atoms. The Hall–Kier alpha value is -3.02. The molecular weight excluding hydrogens is 344 g/mol. The van der Waals surface area contributed by atoms with Crippen LogP contribution in [0.15, 0.2) is 42.5 Å². The van der Waals surface area contributed by atoms with Crippen LogP contribution < -0.4 is 10.2 Å². The van der Waals surface area contributed by atoms with Gasteiger partial charge in [0.1, 0.15) is 0 Å². The van der Waals surface area contributed by atoms with Gasteiger partial charge in [-0.25, -0.2) is 0 Å². The molecular formula is C21H24N2O4. The van der Waals surface area contributed by atoms with Crippen molar-refractivity contribution in [3.8, 4) is 11.5 Å². The van der Waals surface area contributed by atoms with Gasteiger partial charge in [-0.05, 0) is 48.2 Å². The van der Waals surface area contributed by atoms with E-state index in [1.54, 1.807) is 11.0 Å². The Morgan fingerprint density at radius 3 is 2.48 bits per heavy atom. The van der Waals surface area contributed by atoms with Gasteiger partial charge in [0, 0.05) is 25.2 Å². The average Bonchev–Trinajstić information content (AvgIpc) is 3.06. The van der Waals surface area contributed by atoms with Crippen molar-refractivity contribution in [2.45, 2.75) is 26.2 Å². The zero-order valence-electron chi connectivity index (χ0n) is 15.3. The van der Waals surface area contributed by atoms with Gasteiger partial charge in [0.2, 0.25) is 11.8 Å². The highest BCUT2D eigenvalue weighted by Crippen LogP contribution is 2.26. The Morgan fingerprint density at radius 1 is 1.11 bits per heavy atom. The Bertz CT molecular complexity index is 833. The van der Waals surface area contributed by atoms with Gasteiger partial charge in [-0.15, -0.1) is 0 Å². The molecule has 0 radical (unpaired) electrons. The zero-order valence-corrected chi connectivity index (χ0v) is 15.3. The Kier molecular flexibility index (Phi) is 5.64. The first-order chi connectivity index (χ1) is 13.0. The van der Waals surface area contributed by atoms with Gasteiger partial charge < -0.3 is 20.4 Å². The number of carbonyl (C=O) groups is 2. The summed E-state index contributed by atoms with van der Waals surface area (Å²) in [6.45, 7) is 2.87. The van der Waals surface area contributed by atoms with Crippen LogP contribution in [-0.4, -0.2) is 35.1 Å². The van der Waals surface area contributed by atoms with Crippen molar-refractivity contribution in [3.05, 3.63) is 53.6 Å². The van der Waals surface area contributed by atoms with Crippen molar-refractivity contribution in [1.29, 1.82) is 0 Å². The molecule has 0 unspecified atom stereocenters. The summed E-state index contributed by atoms with van der Waals surface area (Å²) in [7, 11) is 0. The van der Waals surface area contributed by atoms with Crippen LogP contribution in [0.3, 0.4) is 0 Å². The number of carbonyl (C=O) groups excluding carboxylic acids is 2. The molecule has 1 aliphatic rings. The molecule has 2 aromatic rings. The third-order valence-electron chi connectivity index (χ3n) is 4.90. The van der Waals surface area contributed by atoms with Gasteiger partial charge >= 0.3 is 0 Å². The van der Waals surface area contributed by atoms with Crippen molar-refractivity contribution < 1.29 is 19.8 Å². The van der Waals surface area contributed by atoms with E-state index in [-0.39, 0.29) is 35.7 Å². The van der Waals surface area contributed by atoms with Crippen LogP contribution in [0.4, 0.5) is 5.69 Å². The monoisotopic (exact) mass is 368 g/mol. The van der Waals surface area contributed by atoms with Crippen LogP contribution in [-0.2, 0) is 22.4 Å². The fourth-order valence-corrected chi connectivity index (χ4v) is 3.24. The lowest BCUT2D eigenvalue weighted by molar-refractivity contribution is -0.126. The normalized spacial score (nSPS) is 16.6. The predicted octanol–water partition coefficient (Wildman–Crippen LogP) is 2.37. The minimum Gasteiger partial charge on any atom is -0.504 e. The molecule has 27 heavy (non-hydrogen) atoms. The summed E-state index contributed by atoms with van der Waals surface area (Å²) in [5.41, 5.74) is 2.85. The van der Waals surface area contributed by atoms with E-state index >= 15 is 0 Å². The maximum absolute atomic E-state index is 12.4. The summed E-state index contributed by atoms with van der Waals surface area (Å²) in [6.07, 6.45) is 1.68. The molecule has 2 amide bonds. The van der Waals surface area contributed by atoms with Gasteiger partial charge in [-0.1, -0.05) is 25.1 Å². The second-order valence-corrected chi connectivity index (χ2v) is 6.79. The predicted molar refractivity (Wildman–Crippen MR) is 103 cm³/mol. The molecule has 1 heterocycles. The van der Waals surface area contributed by atoms with Crippen molar-refractivity contribution in [2.24, 2.45) is 5.92 Å². The van der Waals surface area contributed by atoms with Gasteiger partial charge in [-0.3, -0.25) is 9.59 Å². The van der Waals surface area contributed by atoms with Gasteiger partial charge in [0.05, 0.1) is 5.92 Å². The number of aryl methyl sites for hydroxylation is 1. The molecule has 3 N–H and O–H groups in total. The molecule has 0 aromatic heterocycles. The quantitative estimate of drug-likeness (QED) is 0.683. The van der Waals surface area contributed by atoms with Crippen LogP contribution in [0.2, 0.25) is 0 Å². The van der Waals surface area contributed by atoms with Crippen LogP contribution >= 0.6 is 0 Å². The maximum atomic E-state index is 12.4. The van der Waals surface area contributed by atoms with Crippen molar-refractivity contribution in [2.75, 3.05) is 18.0 Å². The maximum Gasteiger partial charge on any atom is 0.227 e. The van der Waals surface area contributed by atoms with Crippen LogP contribution in [0.25, 0.3) is 0 Å². The third kappa shape index (κ3) is 4.39. The number of anilines is 1. The van der Waals surface area contributed by atoms with Gasteiger partial charge in [0.25, 0.3) is 0 Å². The van der Waals surface area contributed by atoms with Crippen molar-refractivity contribution in [1.82, 2.24) is 5.32 Å². The number of phenols is 2. The van der Waals surface area contributed by atoms with E-state index in [1.165, 1.54) is 17.7 Å². The minimum atomic E-state index is -0.364. The highest BCUT2D eigenvalue weighted by molar-refractivity contribution is 6.00. The summed E-state index contributed by atoms with van der Waals surface area (Å²) in [4.78, 5) is 26.4. The molecule has 3 rings (SSSR count). The lowest BCUT2D eigenvalue weighted by Gasteiger charge is -2.17. The molecule has 142 valence electrons. The number of phenolic OH excluding ortho intramolecular Hbond substituents is 2. The van der Waals surface area contributed by atoms with E-state index in [4.69, 9.17) is 0 Å². The van der Waals surface area contributed by atoms with Crippen LogP contribution in [0.1, 0.15) is 24.5 Å². The van der Waals surface area contributed by atoms with E-state index in [0.29, 0.717) is 19.5 Å². The lowest BCUT2D eigenvalue weighted by Crippen LogP contribution is -2.34. The van der Waals surface area contributed by atoms with Crippen molar-refractivity contribution >= 4 is 17.5 Å². The topological polar surface area (TPSA) is 89.9 Å². The number of nitrogens with one attached hydrogen (secondary N) is 1. The number of amides is 2. The summed E-state index contributed by atoms with van der Waals surface area (Å²) < 4.78 is 0. The molecule has 0 bridgehead atoms. The largest absolute Gasteiger partial charge is 0.504 e. The highest BCUT2D eigenvalue weighted by Gasteiger charge is 2.34. The zero-order chi connectivity index (χ0) is 19.4. The molecule has 0 saturated carbocycles. The van der Waals surface area contributed by atoms with Crippen LogP contribution in [0, 0.1) is 5.92 Å². The minimum absolute atomic E-state index is 0.0390. The number of nitrogens with zero attached hydrogens (tertiary/aromatic N) is 1. The summed E-state index contributed by atoms with van der Waals surface area (Å²) in [5.74, 6) is -0.886. The molecule has 0 aliphatic carbocycles. The lowest BCUT2D eigenvalue weighted by atomic mass is 10.1. The highest BCUT2D eigenvalue weighted by atomic mass is 16.3. The molecule has 1 atom stereocenters. The average molecular weight is 368 g/mol. The fraction of sp³-hybridized carbons (Fsp3) is 0.333. The van der Waals surface area contributed by atoms with Crippen LogP contribution in [0.5, 0.6) is 11.5 Å². The fourth-order valence-electron chi connectivity index (χ4n) is 3.24. The van der Waals surface area contributed by atoms with Crippen molar-refractivity contribution in [3.63, 3.8) is 0 Å². The molecule has 1 saturated heterocycles. The smallest absolute Gasteiger partial charge is 0.227 e. The SMILES string of the molecule is CCc1ccc(N2C[C@@H](C(=O)NCCc3ccc(O)c(O)c3)CC2=O)cc1. The van der Waals surface area contributed by atoms with E-state index in [0.717, 1.165) is 17.7 Å². The van der Waals surface area contributed by atoms with Gasteiger partial charge in [-0.2, -0.15) is 0 Å². The van der Waals surface area contributed by atoms with E-state index in [1.807, 2.05) is 24.3 Å². The first-order valence-electron chi connectivity index (χ1n) is 9.15. The Morgan fingerprint density at radius 2 is 1.81 bits per heavy atom. The van der Waals surface area contributed by atoms with E-state index in [2.05, 4.69) is 12.2 Å². The molecule has 1 aliphatic heterocycles. The number of hydrogen-bond donors (Lipinski definition) is 3. The molecule has 2 aromatic carbocycles. The number of rotatable bonds is 6. The number of aromatic hydroxyl groups is 2. The number of hydrogen-bond acceptors (Lipinski definition) is 4. The summed E-state index contributed by atoms with van der Waals surface area (Å²) in [5, 5.41) is 21.7. The third-order valence-corrected chi connectivity index (χ3v) is 4.90. The Labute approximate surface area is 158 Å². The standard InChI is InChI=1S/C21H24N2O4/c1-2-14-3-6-17(7-4-14)23-13-16(12-20(23)26)21(27)22-10-9-15-5-8-18(24)19(25)11-15/h3-8,11,16,24-25H,2,9-10,12-13H2,1H3,(H,22,27)/t16-/m0/s1. The van der Waals surface area contributed by atoms with Gasteiger partial charge in [0.15, 0.2) is 11.5 Å². The molecule has 6 heteroatoms. The summed E-state index contributed by atoms with van der Waals surface area (Å²) in [6, 6.07) is 12.4. The van der Waals surface area contributed by atoms with E-state index in [9.17, 15) is 19.8 Å². The molecule has 1 fully saturated rings. The Balaban J connectivity index is 1.53. The summed E-state index contributed by atoms with van der Waals surface area (Å²) >= 11 is 0. The second-order valence-electron chi connectivity index (χ2n) is 6.79. The first kappa shape index (κ1) is 18.8. The number of benzene rings is 2. The first-order valence-corrected chi connectivity index (χ1v) is 9.15. The second kappa shape index (κ2) is 8.12. The van der Waals surface area contributed by atoms with E-state index < -0.39 is 0 Å². The molecule has 6 nitrogen and oxygen atoms in total.